The molecular weight excluding hydrogens is 281 g/mol. The van der Waals surface area contributed by atoms with E-state index in [2.05, 4.69) is 0 Å². The lowest BCUT2D eigenvalue weighted by Gasteiger charge is -2.35. The third kappa shape index (κ3) is 3.37. The zero-order valence-corrected chi connectivity index (χ0v) is 12.1. The second-order valence-corrected chi connectivity index (χ2v) is 5.59. The molecule has 108 valence electrons. The molecule has 1 amide bonds. The highest BCUT2D eigenvalue weighted by molar-refractivity contribution is 6.31. The molecule has 1 saturated heterocycles. The van der Waals surface area contributed by atoms with Crippen LogP contribution in [0, 0.1) is 5.82 Å². The van der Waals surface area contributed by atoms with Gasteiger partial charge in [-0.2, -0.15) is 0 Å². The van der Waals surface area contributed by atoms with E-state index in [0.29, 0.717) is 18.5 Å². The molecule has 5 heteroatoms. The summed E-state index contributed by atoms with van der Waals surface area (Å²) in [5.74, 6) is -0.646. The third-order valence-electron chi connectivity index (χ3n) is 3.58. The van der Waals surface area contributed by atoms with Crippen LogP contribution in [-0.4, -0.2) is 29.2 Å². The zero-order chi connectivity index (χ0) is 14.7. The maximum atomic E-state index is 13.2. The molecule has 1 fully saturated rings. The Morgan fingerprint density at radius 2 is 2.15 bits per heavy atom. The van der Waals surface area contributed by atoms with Crippen molar-refractivity contribution in [3.05, 3.63) is 34.6 Å². The molecule has 1 aliphatic rings. The van der Waals surface area contributed by atoms with Crippen LogP contribution >= 0.6 is 11.6 Å². The lowest BCUT2D eigenvalue weighted by atomic mass is 9.97. The minimum atomic E-state index is -0.540. The van der Waals surface area contributed by atoms with E-state index in [0.717, 1.165) is 19.3 Å². The Morgan fingerprint density at radius 3 is 2.80 bits per heavy atom. The maximum Gasteiger partial charge on any atom is 0.254 e. The first-order chi connectivity index (χ1) is 9.49. The molecule has 1 aromatic carbocycles. The average Bonchev–Trinajstić information content (AvgIpc) is 2.41. The number of halogens is 2. The van der Waals surface area contributed by atoms with Crippen LogP contribution in [0.15, 0.2) is 18.2 Å². The van der Waals surface area contributed by atoms with Crippen molar-refractivity contribution in [2.75, 3.05) is 6.54 Å². The molecule has 3 nitrogen and oxygen atoms in total. The van der Waals surface area contributed by atoms with E-state index >= 15 is 0 Å². The summed E-state index contributed by atoms with van der Waals surface area (Å²) in [7, 11) is 0. The predicted molar refractivity (Wildman–Crippen MR) is 75.4 cm³/mol. The van der Waals surface area contributed by atoms with Gasteiger partial charge in [0.25, 0.3) is 5.91 Å². The largest absolute Gasteiger partial charge is 0.335 e. The number of Topliss-reactive ketones (excluding diaryl/α,β-unsaturated/α-hetero) is 1. The van der Waals surface area contributed by atoms with E-state index in [-0.39, 0.29) is 22.8 Å². The minimum absolute atomic E-state index is 0.0578. The molecule has 0 spiro atoms. The van der Waals surface area contributed by atoms with Gasteiger partial charge < -0.3 is 4.90 Å². The van der Waals surface area contributed by atoms with E-state index in [1.54, 1.807) is 4.90 Å². The van der Waals surface area contributed by atoms with Gasteiger partial charge in [0.05, 0.1) is 5.02 Å². The normalized spacial score (nSPS) is 18.9. The number of carbonyl (C=O) groups is 2. The summed E-state index contributed by atoms with van der Waals surface area (Å²) in [6.45, 7) is 2.16. The van der Waals surface area contributed by atoms with Crippen molar-refractivity contribution >= 4 is 23.3 Å². The van der Waals surface area contributed by atoms with E-state index in [4.69, 9.17) is 11.6 Å². The quantitative estimate of drug-likeness (QED) is 0.857. The lowest BCUT2D eigenvalue weighted by molar-refractivity contribution is -0.118. The summed E-state index contributed by atoms with van der Waals surface area (Å²) >= 11 is 5.72. The van der Waals surface area contributed by atoms with E-state index < -0.39 is 5.82 Å². The molecular formula is C15H17ClFNO2. The van der Waals surface area contributed by atoms with Crippen LogP contribution in [0.5, 0.6) is 0 Å². The molecule has 1 unspecified atom stereocenters. The van der Waals surface area contributed by atoms with E-state index in [1.807, 2.05) is 0 Å². The first-order valence-corrected chi connectivity index (χ1v) is 7.12. The fourth-order valence-electron chi connectivity index (χ4n) is 2.61. The van der Waals surface area contributed by atoms with Crippen molar-refractivity contribution in [3.63, 3.8) is 0 Å². The maximum absolute atomic E-state index is 13.2. The third-order valence-corrected chi connectivity index (χ3v) is 3.87. The van der Waals surface area contributed by atoms with Crippen LogP contribution < -0.4 is 0 Å². The summed E-state index contributed by atoms with van der Waals surface area (Å²) < 4.78 is 13.2. The second-order valence-electron chi connectivity index (χ2n) is 5.18. The van der Waals surface area contributed by atoms with Crippen molar-refractivity contribution in [1.82, 2.24) is 4.90 Å². The highest BCUT2D eigenvalue weighted by Crippen LogP contribution is 2.24. The molecule has 0 N–H and O–H groups in total. The van der Waals surface area contributed by atoms with Gasteiger partial charge in [0.15, 0.2) is 0 Å². The monoisotopic (exact) mass is 297 g/mol. The van der Waals surface area contributed by atoms with E-state index in [1.165, 1.54) is 25.1 Å². The van der Waals surface area contributed by atoms with Crippen LogP contribution in [0.4, 0.5) is 4.39 Å². The number of hydrogen-bond acceptors (Lipinski definition) is 2. The summed E-state index contributed by atoms with van der Waals surface area (Å²) in [5.41, 5.74) is 0.367. The number of likely N-dealkylation sites (tertiary alicyclic amines) is 1. The molecule has 1 heterocycles. The smallest absolute Gasteiger partial charge is 0.254 e. The number of nitrogens with zero attached hydrogens (tertiary/aromatic N) is 1. The topological polar surface area (TPSA) is 37.4 Å². The molecule has 0 bridgehead atoms. The fraction of sp³-hybridized carbons (Fsp3) is 0.467. The molecule has 1 aromatic rings. The Balaban J connectivity index is 2.20. The van der Waals surface area contributed by atoms with Crippen molar-refractivity contribution in [1.29, 1.82) is 0 Å². The van der Waals surface area contributed by atoms with Gasteiger partial charge in [-0.3, -0.25) is 9.59 Å². The zero-order valence-electron chi connectivity index (χ0n) is 11.4. The summed E-state index contributed by atoms with van der Waals surface area (Å²) in [4.78, 5) is 25.5. The number of carbonyl (C=O) groups excluding carboxylic acids is 2. The van der Waals surface area contributed by atoms with Crippen LogP contribution in [-0.2, 0) is 4.79 Å². The molecule has 0 radical (unpaired) electrons. The van der Waals surface area contributed by atoms with Crippen LogP contribution in [0.25, 0.3) is 0 Å². The highest BCUT2D eigenvalue weighted by atomic mass is 35.5. The lowest BCUT2D eigenvalue weighted by Crippen LogP contribution is -2.44. The number of benzene rings is 1. The van der Waals surface area contributed by atoms with Gasteiger partial charge in [-0.15, -0.1) is 0 Å². The van der Waals surface area contributed by atoms with Gasteiger partial charge in [0.1, 0.15) is 11.6 Å². The number of ketones is 1. The molecule has 0 saturated carbocycles. The van der Waals surface area contributed by atoms with Gasteiger partial charge in [-0.25, -0.2) is 4.39 Å². The Hall–Kier alpha value is -1.42. The van der Waals surface area contributed by atoms with Gasteiger partial charge in [0, 0.05) is 24.6 Å². The molecule has 1 aliphatic heterocycles. The Kier molecular flexibility index (Phi) is 4.76. The van der Waals surface area contributed by atoms with Gasteiger partial charge in [-0.05, 0) is 44.4 Å². The van der Waals surface area contributed by atoms with Crippen LogP contribution in [0.1, 0.15) is 43.0 Å². The Labute approximate surface area is 122 Å². The minimum Gasteiger partial charge on any atom is -0.335 e. The average molecular weight is 298 g/mol. The number of hydrogen-bond donors (Lipinski definition) is 0. The first-order valence-electron chi connectivity index (χ1n) is 6.74. The van der Waals surface area contributed by atoms with Crippen LogP contribution in [0.2, 0.25) is 5.02 Å². The van der Waals surface area contributed by atoms with Crippen LogP contribution in [0.3, 0.4) is 0 Å². The molecule has 0 aromatic heterocycles. The van der Waals surface area contributed by atoms with Crippen molar-refractivity contribution in [2.24, 2.45) is 0 Å². The standard InChI is InChI=1S/C15H17ClFNO2/c1-10(19)8-12-4-2-3-7-18(12)15(20)11-5-6-14(17)13(16)9-11/h5-6,9,12H,2-4,7-8H2,1H3. The van der Waals surface area contributed by atoms with Crippen molar-refractivity contribution < 1.29 is 14.0 Å². The number of amides is 1. The Bertz CT molecular complexity index is 533. The second kappa shape index (κ2) is 6.35. The predicted octanol–water partition coefficient (Wildman–Crippen LogP) is 3.45. The molecule has 20 heavy (non-hydrogen) atoms. The number of piperidine rings is 1. The molecule has 1 atom stereocenters. The van der Waals surface area contributed by atoms with Gasteiger partial charge >= 0.3 is 0 Å². The fourth-order valence-corrected chi connectivity index (χ4v) is 2.79. The highest BCUT2D eigenvalue weighted by Gasteiger charge is 2.28. The first kappa shape index (κ1) is 15.0. The van der Waals surface area contributed by atoms with E-state index in [9.17, 15) is 14.0 Å². The number of rotatable bonds is 3. The van der Waals surface area contributed by atoms with Crippen molar-refractivity contribution in [2.45, 2.75) is 38.6 Å². The summed E-state index contributed by atoms with van der Waals surface area (Å²) in [6.07, 6.45) is 3.15. The molecule has 0 aliphatic carbocycles. The SMILES string of the molecule is CC(=O)CC1CCCCN1C(=O)c1ccc(F)c(Cl)c1. The summed E-state index contributed by atoms with van der Waals surface area (Å²) in [5, 5.41) is -0.0593. The molecule has 2 rings (SSSR count). The van der Waals surface area contributed by atoms with Crippen molar-refractivity contribution in [3.8, 4) is 0 Å². The Morgan fingerprint density at radius 1 is 1.40 bits per heavy atom. The van der Waals surface area contributed by atoms with Gasteiger partial charge in [0.2, 0.25) is 0 Å². The van der Waals surface area contributed by atoms with Gasteiger partial charge in [-0.1, -0.05) is 11.6 Å². The summed E-state index contributed by atoms with van der Waals surface area (Å²) in [6, 6.07) is 3.92.